The van der Waals surface area contributed by atoms with Crippen molar-refractivity contribution < 1.29 is 35.3 Å². The van der Waals surface area contributed by atoms with E-state index in [4.69, 9.17) is 4.74 Å². The van der Waals surface area contributed by atoms with Crippen LogP contribution >= 0.6 is 0 Å². The summed E-state index contributed by atoms with van der Waals surface area (Å²) in [6.07, 6.45) is 1.89. The van der Waals surface area contributed by atoms with Crippen molar-refractivity contribution in [1.82, 2.24) is 4.90 Å². The maximum Gasteiger partial charge on any atom is 0.534 e. The first-order valence-electron chi connectivity index (χ1n) is 10.1. The van der Waals surface area contributed by atoms with Gasteiger partial charge >= 0.3 is 21.7 Å². The molecule has 2 aromatic carbocycles. The van der Waals surface area contributed by atoms with Gasteiger partial charge in [-0.05, 0) is 48.4 Å². The van der Waals surface area contributed by atoms with Gasteiger partial charge in [-0.15, -0.1) is 0 Å². The molecule has 0 spiro atoms. The van der Waals surface area contributed by atoms with Crippen LogP contribution in [-0.2, 0) is 26.9 Å². The Kier molecular flexibility index (Phi) is 5.83. The molecule has 1 saturated heterocycles. The molecule has 0 radical (unpaired) electrons. The van der Waals surface area contributed by atoms with E-state index in [9.17, 15) is 26.4 Å². The zero-order chi connectivity index (χ0) is 23.0. The first-order chi connectivity index (χ1) is 15.1. The molecule has 10 heteroatoms. The SMILES string of the molecule is O=C(OCc1ccccc1)N1CC2CCC(c3cccc(OS(=O)(=O)C(F)(F)F)c3)(C2)C1. The number of likely N-dealkylation sites (tertiary alicyclic amines) is 1. The van der Waals surface area contributed by atoms with Crippen molar-refractivity contribution in [2.75, 3.05) is 13.1 Å². The van der Waals surface area contributed by atoms with Crippen LogP contribution in [0.3, 0.4) is 0 Å². The summed E-state index contributed by atoms with van der Waals surface area (Å²) in [6.45, 7) is 1.03. The van der Waals surface area contributed by atoms with Gasteiger partial charge in [0.25, 0.3) is 0 Å². The number of hydrogen-bond acceptors (Lipinski definition) is 5. The van der Waals surface area contributed by atoms with Crippen LogP contribution < -0.4 is 4.18 Å². The Morgan fingerprint density at radius 2 is 1.88 bits per heavy atom. The van der Waals surface area contributed by atoms with E-state index in [0.29, 0.717) is 18.7 Å². The van der Waals surface area contributed by atoms with Gasteiger partial charge in [-0.25, -0.2) is 4.79 Å². The molecule has 0 N–H and O–H groups in total. The average molecular weight is 469 g/mol. The third kappa shape index (κ3) is 4.55. The standard InChI is InChI=1S/C22H22F3NO5S/c23-22(24,25)32(28,29)31-19-8-4-7-18(11-19)21-10-9-17(12-21)13-26(15-21)20(27)30-14-16-5-2-1-3-6-16/h1-8,11,17H,9-10,12-15H2. The first-order valence-corrected chi connectivity index (χ1v) is 11.6. The van der Waals surface area contributed by atoms with E-state index in [0.717, 1.165) is 24.8 Å². The lowest BCUT2D eigenvalue weighted by Gasteiger charge is -2.40. The summed E-state index contributed by atoms with van der Waals surface area (Å²) in [5.74, 6) is -0.169. The van der Waals surface area contributed by atoms with Gasteiger partial charge in [0.2, 0.25) is 0 Å². The molecule has 2 bridgehead atoms. The van der Waals surface area contributed by atoms with Crippen molar-refractivity contribution in [2.24, 2.45) is 5.92 Å². The van der Waals surface area contributed by atoms with Gasteiger partial charge in [-0.3, -0.25) is 0 Å². The van der Waals surface area contributed by atoms with E-state index in [2.05, 4.69) is 4.18 Å². The van der Waals surface area contributed by atoms with Crippen molar-refractivity contribution >= 4 is 16.2 Å². The first kappa shape index (κ1) is 22.4. The summed E-state index contributed by atoms with van der Waals surface area (Å²) in [5, 5.41) is 0. The van der Waals surface area contributed by atoms with Crippen molar-refractivity contribution in [1.29, 1.82) is 0 Å². The van der Waals surface area contributed by atoms with Gasteiger partial charge in [-0.2, -0.15) is 21.6 Å². The number of ether oxygens (including phenoxy) is 1. The second-order valence-corrected chi connectivity index (χ2v) is 9.86. The third-order valence-electron chi connectivity index (χ3n) is 6.08. The lowest BCUT2D eigenvalue weighted by atomic mass is 9.76. The number of alkyl halides is 3. The van der Waals surface area contributed by atoms with Gasteiger partial charge in [0.15, 0.2) is 0 Å². The minimum atomic E-state index is -5.76. The second-order valence-electron chi connectivity index (χ2n) is 8.32. The molecule has 1 aliphatic carbocycles. The van der Waals surface area contributed by atoms with Crippen LogP contribution in [0, 0.1) is 5.92 Å². The number of carbonyl (C=O) groups is 1. The molecule has 6 nitrogen and oxygen atoms in total. The Hall–Kier alpha value is -2.75. The highest BCUT2D eigenvalue weighted by molar-refractivity contribution is 7.88. The molecule has 2 unspecified atom stereocenters. The predicted octanol–water partition coefficient (Wildman–Crippen LogP) is 4.61. The Morgan fingerprint density at radius 3 is 2.59 bits per heavy atom. The fourth-order valence-electron chi connectivity index (χ4n) is 4.63. The summed E-state index contributed by atoms with van der Waals surface area (Å²) < 4.78 is 70.6. The molecule has 1 aliphatic heterocycles. The minimum Gasteiger partial charge on any atom is -0.445 e. The maximum atomic E-state index is 12.7. The average Bonchev–Trinajstić information content (AvgIpc) is 3.06. The predicted molar refractivity (Wildman–Crippen MR) is 109 cm³/mol. The number of amides is 1. The van der Waals surface area contributed by atoms with Crippen LogP contribution in [0.15, 0.2) is 54.6 Å². The Morgan fingerprint density at radius 1 is 1.12 bits per heavy atom. The van der Waals surface area contributed by atoms with Gasteiger partial charge in [0.1, 0.15) is 12.4 Å². The van der Waals surface area contributed by atoms with Crippen molar-refractivity contribution in [3.05, 3.63) is 65.7 Å². The lowest BCUT2D eigenvalue weighted by molar-refractivity contribution is -0.0500. The number of fused-ring (bicyclic) bond motifs is 2. The molecule has 1 heterocycles. The molecule has 172 valence electrons. The Bertz CT molecular complexity index is 1090. The van der Waals surface area contributed by atoms with Crippen LogP contribution in [0.1, 0.15) is 30.4 Å². The van der Waals surface area contributed by atoms with E-state index in [1.807, 2.05) is 30.3 Å². The fourth-order valence-corrected chi connectivity index (χ4v) is 5.08. The zero-order valence-electron chi connectivity index (χ0n) is 17.0. The van der Waals surface area contributed by atoms with Crippen molar-refractivity contribution in [3.63, 3.8) is 0 Å². The highest BCUT2D eigenvalue weighted by Gasteiger charge is 2.50. The lowest BCUT2D eigenvalue weighted by Crippen LogP contribution is -2.48. The van der Waals surface area contributed by atoms with E-state index in [1.54, 1.807) is 11.0 Å². The van der Waals surface area contributed by atoms with Crippen LogP contribution in [0.2, 0.25) is 0 Å². The molecule has 0 aromatic heterocycles. The zero-order valence-corrected chi connectivity index (χ0v) is 17.9. The summed E-state index contributed by atoms with van der Waals surface area (Å²) in [6, 6.07) is 15.0. The molecule has 2 atom stereocenters. The maximum absolute atomic E-state index is 12.7. The number of piperidine rings is 1. The second kappa shape index (κ2) is 8.31. The quantitative estimate of drug-likeness (QED) is 0.473. The van der Waals surface area contributed by atoms with E-state index in [-0.39, 0.29) is 12.5 Å². The molecule has 4 rings (SSSR count). The van der Waals surface area contributed by atoms with Crippen molar-refractivity contribution in [3.8, 4) is 5.75 Å². The van der Waals surface area contributed by atoms with E-state index in [1.165, 1.54) is 18.2 Å². The van der Waals surface area contributed by atoms with Crippen LogP contribution in [0.25, 0.3) is 0 Å². The highest BCUT2D eigenvalue weighted by Crippen LogP contribution is 2.49. The third-order valence-corrected chi connectivity index (χ3v) is 7.06. The minimum absolute atomic E-state index is 0.145. The van der Waals surface area contributed by atoms with Crippen LogP contribution in [0.5, 0.6) is 5.75 Å². The van der Waals surface area contributed by atoms with Crippen LogP contribution in [-0.4, -0.2) is 38.0 Å². The molecule has 1 saturated carbocycles. The Labute approximate surface area is 184 Å². The number of hydrogen-bond donors (Lipinski definition) is 0. The summed E-state index contributed by atoms with van der Waals surface area (Å²) in [7, 11) is -5.76. The Balaban J connectivity index is 1.50. The molecule has 2 fully saturated rings. The number of halogens is 3. The van der Waals surface area contributed by atoms with Gasteiger partial charge in [-0.1, -0.05) is 42.5 Å². The fraction of sp³-hybridized carbons (Fsp3) is 0.409. The highest BCUT2D eigenvalue weighted by atomic mass is 32.2. The monoisotopic (exact) mass is 469 g/mol. The molecule has 2 aliphatic rings. The number of nitrogens with zero attached hydrogens (tertiary/aromatic N) is 1. The smallest absolute Gasteiger partial charge is 0.445 e. The van der Waals surface area contributed by atoms with E-state index >= 15 is 0 Å². The summed E-state index contributed by atoms with van der Waals surface area (Å²) in [5.41, 5.74) is -4.48. The number of benzene rings is 2. The summed E-state index contributed by atoms with van der Waals surface area (Å²) >= 11 is 0. The van der Waals surface area contributed by atoms with Crippen molar-refractivity contribution in [2.45, 2.75) is 36.8 Å². The van der Waals surface area contributed by atoms with Gasteiger partial charge in [0, 0.05) is 18.5 Å². The van der Waals surface area contributed by atoms with Gasteiger partial charge < -0.3 is 13.8 Å². The number of rotatable bonds is 5. The number of carbonyl (C=O) groups excluding carboxylic acids is 1. The summed E-state index contributed by atoms with van der Waals surface area (Å²) in [4.78, 5) is 14.3. The van der Waals surface area contributed by atoms with Gasteiger partial charge in [0.05, 0.1) is 0 Å². The molecule has 32 heavy (non-hydrogen) atoms. The molecular weight excluding hydrogens is 447 g/mol. The molecule has 1 amide bonds. The normalized spacial score (nSPS) is 23.1. The van der Waals surface area contributed by atoms with E-state index < -0.39 is 32.9 Å². The molecular formula is C22H22F3NO5S. The topological polar surface area (TPSA) is 72.9 Å². The largest absolute Gasteiger partial charge is 0.534 e. The van der Waals surface area contributed by atoms with Crippen LogP contribution in [0.4, 0.5) is 18.0 Å². The molecule has 2 aromatic rings.